The summed E-state index contributed by atoms with van der Waals surface area (Å²) >= 11 is 1.78. The van der Waals surface area contributed by atoms with Gasteiger partial charge in [0.05, 0.1) is 18.6 Å². The summed E-state index contributed by atoms with van der Waals surface area (Å²) < 4.78 is 3.52. The molecule has 98 valence electrons. The van der Waals surface area contributed by atoms with Gasteiger partial charge in [-0.15, -0.1) is 11.3 Å². The van der Waals surface area contributed by atoms with E-state index in [0.717, 1.165) is 12.2 Å². The van der Waals surface area contributed by atoms with Gasteiger partial charge in [-0.1, -0.05) is 0 Å². The number of nitrogens with one attached hydrogen (secondary N) is 1. The number of anilines is 1. The first kappa shape index (κ1) is 12.2. The fraction of sp³-hybridized carbons (Fsp3) is 0.267. The molecule has 0 fully saturated rings. The molecule has 0 spiro atoms. The molecule has 2 aromatic heterocycles. The first-order chi connectivity index (χ1) is 9.24. The number of hydrogen-bond acceptors (Lipinski definition) is 3. The molecule has 3 rings (SSSR count). The van der Waals surface area contributed by atoms with E-state index in [1.807, 2.05) is 12.5 Å². The van der Waals surface area contributed by atoms with E-state index in [2.05, 4.69) is 58.4 Å². The largest absolute Gasteiger partial charge is 0.379 e. The van der Waals surface area contributed by atoms with Gasteiger partial charge in [0, 0.05) is 22.6 Å². The van der Waals surface area contributed by atoms with E-state index in [1.54, 1.807) is 11.3 Å². The van der Waals surface area contributed by atoms with Crippen LogP contribution in [-0.2, 0) is 6.54 Å². The second-order valence-electron chi connectivity index (χ2n) is 4.91. The first-order valence-corrected chi connectivity index (χ1v) is 7.34. The lowest BCUT2D eigenvalue weighted by Crippen LogP contribution is -2.08. The number of fused-ring (bicyclic) bond motifs is 1. The zero-order chi connectivity index (χ0) is 13.2. The number of imidazole rings is 1. The fourth-order valence-corrected chi connectivity index (χ4v) is 2.97. The molecule has 0 aliphatic heterocycles. The molecule has 0 amide bonds. The monoisotopic (exact) mass is 271 g/mol. The average molecular weight is 271 g/mol. The van der Waals surface area contributed by atoms with Gasteiger partial charge in [-0.3, -0.25) is 0 Å². The van der Waals surface area contributed by atoms with Crippen LogP contribution in [0.1, 0.15) is 25.6 Å². The molecule has 0 aliphatic carbocycles. The van der Waals surface area contributed by atoms with Crippen LogP contribution in [0.25, 0.3) is 10.1 Å². The molecule has 0 unspecified atom stereocenters. The molecular formula is C15H17N3S. The highest BCUT2D eigenvalue weighted by molar-refractivity contribution is 7.17. The van der Waals surface area contributed by atoms with E-state index < -0.39 is 0 Å². The molecular weight excluding hydrogens is 254 g/mol. The van der Waals surface area contributed by atoms with Crippen LogP contribution in [0.15, 0.2) is 42.2 Å². The van der Waals surface area contributed by atoms with Gasteiger partial charge < -0.3 is 9.88 Å². The fourth-order valence-electron chi connectivity index (χ4n) is 2.20. The van der Waals surface area contributed by atoms with Crippen LogP contribution >= 0.6 is 11.3 Å². The van der Waals surface area contributed by atoms with E-state index in [9.17, 15) is 0 Å². The van der Waals surface area contributed by atoms with Gasteiger partial charge in [0.2, 0.25) is 0 Å². The lowest BCUT2D eigenvalue weighted by Gasteiger charge is -2.13. The molecule has 0 saturated heterocycles. The Hall–Kier alpha value is -1.81. The van der Waals surface area contributed by atoms with Gasteiger partial charge in [-0.05, 0) is 48.9 Å². The van der Waals surface area contributed by atoms with Crippen LogP contribution in [0.4, 0.5) is 5.69 Å². The molecule has 0 saturated carbocycles. The Balaban J connectivity index is 1.76. The molecule has 1 N–H and O–H groups in total. The van der Waals surface area contributed by atoms with Crippen molar-refractivity contribution >= 4 is 27.1 Å². The minimum Gasteiger partial charge on any atom is -0.379 e. The van der Waals surface area contributed by atoms with Crippen LogP contribution < -0.4 is 5.32 Å². The SMILES string of the molecule is CC(C)n1cncc1CNc1ccc2sccc2c1. The van der Waals surface area contributed by atoms with Gasteiger partial charge in [-0.2, -0.15) is 0 Å². The maximum atomic E-state index is 4.22. The molecule has 0 aliphatic rings. The minimum absolute atomic E-state index is 0.443. The number of rotatable bonds is 4. The van der Waals surface area contributed by atoms with E-state index in [-0.39, 0.29) is 0 Å². The molecule has 0 atom stereocenters. The number of nitrogens with zero attached hydrogens (tertiary/aromatic N) is 2. The third kappa shape index (κ3) is 2.49. The smallest absolute Gasteiger partial charge is 0.0951 e. The molecule has 4 heteroatoms. The van der Waals surface area contributed by atoms with E-state index in [0.29, 0.717) is 6.04 Å². The Labute approximate surface area is 116 Å². The van der Waals surface area contributed by atoms with Crippen molar-refractivity contribution in [1.82, 2.24) is 9.55 Å². The van der Waals surface area contributed by atoms with Crippen LogP contribution in [-0.4, -0.2) is 9.55 Å². The number of thiophene rings is 1. The standard InChI is InChI=1S/C15H17N3S/c1-11(2)18-10-16-8-14(18)9-17-13-3-4-15-12(7-13)5-6-19-15/h3-8,10-11,17H,9H2,1-2H3. The Morgan fingerprint density at radius 2 is 2.21 bits per heavy atom. The Morgan fingerprint density at radius 3 is 3.05 bits per heavy atom. The normalized spacial score (nSPS) is 11.3. The predicted octanol–water partition coefficient (Wildman–Crippen LogP) is 4.29. The van der Waals surface area contributed by atoms with Gasteiger partial charge in [0.1, 0.15) is 0 Å². The van der Waals surface area contributed by atoms with Crippen molar-refractivity contribution in [3.63, 3.8) is 0 Å². The predicted molar refractivity (Wildman–Crippen MR) is 81.8 cm³/mol. The quantitative estimate of drug-likeness (QED) is 0.767. The first-order valence-electron chi connectivity index (χ1n) is 6.46. The van der Waals surface area contributed by atoms with Crippen LogP contribution in [0, 0.1) is 0 Å². The molecule has 3 nitrogen and oxygen atoms in total. The maximum absolute atomic E-state index is 4.22. The van der Waals surface area contributed by atoms with Crippen molar-refractivity contribution in [2.24, 2.45) is 0 Å². The maximum Gasteiger partial charge on any atom is 0.0951 e. The Bertz CT molecular complexity index is 681. The van der Waals surface area contributed by atoms with E-state index >= 15 is 0 Å². The third-order valence-electron chi connectivity index (χ3n) is 3.23. The average Bonchev–Trinajstić information content (AvgIpc) is 3.04. The summed E-state index contributed by atoms with van der Waals surface area (Å²) in [6.45, 7) is 5.14. The summed E-state index contributed by atoms with van der Waals surface area (Å²) in [7, 11) is 0. The Morgan fingerprint density at radius 1 is 1.32 bits per heavy atom. The van der Waals surface area contributed by atoms with Crippen LogP contribution in [0.5, 0.6) is 0 Å². The van der Waals surface area contributed by atoms with Crippen LogP contribution in [0.2, 0.25) is 0 Å². The topological polar surface area (TPSA) is 29.9 Å². The molecule has 3 aromatic rings. The number of aromatic nitrogens is 2. The highest BCUT2D eigenvalue weighted by Gasteiger charge is 2.05. The molecule has 0 radical (unpaired) electrons. The van der Waals surface area contributed by atoms with Crippen molar-refractivity contribution in [1.29, 1.82) is 0 Å². The van der Waals surface area contributed by atoms with Crippen molar-refractivity contribution < 1.29 is 0 Å². The highest BCUT2D eigenvalue weighted by atomic mass is 32.1. The summed E-state index contributed by atoms with van der Waals surface area (Å²) in [4.78, 5) is 4.22. The van der Waals surface area contributed by atoms with Crippen LogP contribution in [0.3, 0.4) is 0 Å². The zero-order valence-corrected chi connectivity index (χ0v) is 11.9. The molecule has 1 aromatic carbocycles. The van der Waals surface area contributed by atoms with Gasteiger partial charge >= 0.3 is 0 Å². The van der Waals surface area contributed by atoms with Crippen molar-refractivity contribution in [3.05, 3.63) is 47.9 Å². The summed E-state index contributed by atoms with van der Waals surface area (Å²) in [5.74, 6) is 0. The lowest BCUT2D eigenvalue weighted by molar-refractivity contribution is 0.577. The molecule has 2 heterocycles. The molecule has 19 heavy (non-hydrogen) atoms. The van der Waals surface area contributed by atoms with Crippen molar-refractivity contribution in [3.8, 4) is 0 Å². The lowest BCUT2D eigenvalue weighted by atomic mass is 10.2. The van der Waals surface area contributed by atoms with Gasteiger partial charge in [0.15, 0.2) is 0 Å². The van der Waals surface area contributed by atoms with Crippen molar-refractivity contribution in [2.45, 2.75) is 26.4 Å². The third-order valence-corrected chi connectivity index (χ3v) is 4.13. The number of benzene rings is 1. The highest BCUT2D eigenvalue weighted by Crippen LogP contribution is 2.24. The van der Waals surface area contributed by atoms with E-state index in [1.165, 1.54) is 15.8 Å². The number of hydrogen-bond donors (Lipinski definition) is 1. The summed E-state index contributed by atoms with van der Waals surface area (Å²) in [5.41, 5.74) is 2.36. The van der Waals surface area contributed by atoms with Crippen molar-refractivity contribution in [2.75, 3.05) is 5.32 Å². The second-order valence-corrected chi connectivity index (χ2v) is 5.86. The van der Waals surface area contributed by atoms with E-state index in [4.69, 9.17) is 0 Å². The minimum atomic E-state index is 0.443. The summed E-state index contributed by atoms with van der Waals surface area (Å²) in [6, 6.07) is 9.10. The van der Waals surface area contributed by atoms with Gasteiger partial charge in [0.25, 0.3) is 0 Å². The van der Waals surface area contributed by atoms with Gasteiger partial charge in [-0.25, -0.2) is 4.98 Å². The summed E-state index contributed by atoms with van der Waals surface area (Å²) in [6.07, 6.45) is 3.82. The Kier molecular flexibility index (Phi) is 3.25. The molecule has 0 bridgehead atoms. The summed E-state index contributed by atoms with van der Waals surface area (Å²) in [5, 5.41) is 6.89. The second kappa shape index (κ2) is 5.05. The zero-order valence-electron chi connectivity index (χ0n) is 11.1.